The molecule has 0 aliphatic carbocycles. The Hall–Kier alpha value is -1.47. The minimum absolute atomic E-state index is 0.0514. The van der Waals surface area contributed by atoms with Gasteiger partial charge in [-0.2, -0.15) is 0 Å². The van der Waals surface area contributed by atoms with Gasteiger partial charge in [-0.25, -0.2) is 0 Å². The first-order chi connectivity index (χ1) is 10.1. The highest BCUT2D eigenvalue weighted by Crippen LogP contribution is 2.28. The quantitative estimate of drug-likeness (QED) is 0.871. The maximum absolute atomic E-state index is 12.3. The molecule has 0 saturated carbocycles. The van der Waals surface area contributed by atoms with E-state index in [2.05, 4.69) is 10.3 Å². The molecule has 0 radical (unpaired) electrons. The van der Waals surface area contributed by atoms with Crippen LogP contribution in [0.4, 0.5) is 5.69 Å². The summed E-state index contributed by atoms with van der Waals surface area (Å²) >= 11 is 3.21. The van der Waals surface area contributed by atoms with Crippen LogP contribution in [0, 0.1) is 0 Å². The molecule has 0 saturated heterocycles. The van der Waals surface area contributed by atoms with Gasteiger partial charge in [0.2, 0.25) is 11.8 Å². The number of amides is 2. The van der Waals surface area contributed by atoms with E-state index < -0.39 is 5.91 Å². The van der Waals surface area contributed by atoms with E-state index in [1.807, 2.05) is 6.92 Å². The number of hydrogen-bond donors (Lipinski definition) is 2. The smallest absolute Gasteiger partial charge is 0.248 e. The molecule has 1 aliphatic rings. The number of nitrogens with one attached hydrogen (secondary N) is 1. The van der Waals surface area contributed by atoms with Crippen LogP contribution in [0.1, 0.15) is 23.7 Å². The van der Waals surface area contributed by atoms with Crippen molar-refractivity contribution >= 4 is 45.4 Å². The molecule has 0 spiro atoms. The standard InChI is InChI=1S/C14H17N3O2S2/c1-2-11(21-14-16-7-8-20-14)13(19)17-10-5-3-9(4-6-10)12(15)18/h3-6,11H,2,7-8H2,1H3,(H2,15,18)(H,17,19). The van der Waals surface area contributed by atoms with Crippen molar-refractivity contribution in [3.8, 4) is 0 Å². The second-order valence-corrected chi connectivity index (χ2v) is 6.98. The summed E-state index contributed by atoms with van der Waals surface area (Å²) in [6.07, 6.45) is 0.732. The zero-order valence-electron chi connectivity index (χ0n) is 11.7. The Kier molecular flexibility index (Phi) is 5.69. The summed E-state index contributed by atoms with van der Waals surface area (Å²) in [4.78, 5) is 27.6. The number of primary amides is 1. The van der Waals surface area contributed by atoms with E-state index in [0.29, 0.717) is 11.3 Å². The Labute approximate surface area is 132 Å². The first-order valence-electron chi connectivity index (χ1n) is 6.64. The summed E-state index contributed by atoms with van der Waals surface area (Å²) in [6, 6.07) is 6.56. The lowest BCUT2D eigenvalue weighted by Crippen LogP contribution is -2.25. The number of rotatable bonds is 5. The molecule has 1 heterocycles. The first-order valence-corrected chi connectivity index (χ1v) is 8.51. The van der Waals surface area contributed by atoms with E-state index in [-0.39, 0.29) is 11.2 Å². The highest BCUT2D eigenvalue weighted by atomic mass is 32.2. The number of hydrogen-bond acceptors (Lipinski definition) is 5. The Balaban J connectivity index is 1.96. The normalized spacial score (nSPS) is 15.4. The van der Waals surface area contributed by atoms with Gasteiger partial charge in [0, 0.05) is 17.0 Å². The van der Waals surface area contributed by atoms with Gasteiger partial charge in [0.05, 0.1) is 11.8 Å². The van der Waals surface area contributed by atoms with Gasteiger partial charge in [0.15, 0.2) is 0 Å². The Bertz CT molecular complexity index is 558. The topological polar surface area (TPSA) is 84.6 Å². The summed E-state index contributed by atoms with van der Waals surface area (Å²) < 4.78 is 0.987. The van der Waals surface area contributed by atoms with E-state index in [1.54, 1.807) is 36.0 Å². The molecule has 1 aliphatic heterocycles. The van der Waals surface area contributed by atoms with Crippen molar-refractivity contribution in [1.29, 1.82) is 0 Å². The molecule has 112 valence electrons. The maximum atomic E-state index is 12.3. The van der Waals surface area contributed by atoms with Crippen molar-refractivity contribution in [1.82, 2.24) is 0 Å². The third kappa shape index (κ3) is 4.50. The average Bonchev–Trinajstić information content (AvgIpc) is 2.98. The fourth-order valence-corrected chi connectivity index (χ4v) is 3.92. The Morgan fingerprint density at radius 1 is 1.43 bits per heavy atom. The third-order valence-electron chi connectivity index (χ3n) is 2.90. The monoisotopic (exact) mass is 323 g/mol. The fourth-order valence-electron chi connectivity index (χ4n) is 1.77. The molecule has 1 aromatic carbocycles. The molecule has 0 aromatic heterocycles. The number of benzene rings is 1. The molecule has 2 amide bonds. The Morgan fingerprint density at radius 3 is 2.67 bits per heavy atom. The van der Waals surface area contributed by atoms with Crippen LogP contribution in [-0.4, -0.2) is 33.7 Å². The highest BCUT2D eigenvalue weighted by molar-refractivity contribution is 8.39. The summed E-state index contributed by atoms with van der Waals surface area (Å²) in [5.74, 6) is 0.463. The Morgan fingerprint density at radius 2 is 2.14 bits per heavy atom. The lowest BCUT2D eigenvalue weighted by molar-refractivity contribution is -0.115. The average molecular weight is 323 g/mol. The number of thioether (sulfide) groups is 2. The van der Waals surface area contributed by atoms with Crippen LogP contribution in [0.2, 0.25) is 0 Å². The molecule has 0 bridgehead atoms. The summed E-state index contributed by atoms with van der Waals surface area (Å²) in [5.41, 5.74) is 6.26. The van der Waals surface area contributed by atoms with Crippen molar-refractivity contribution in [2.75, 3.05) is 17.6 Å². The van der Waals surface area contributed by atoms with Crippen molar-refractivity contribution in [2.45, 2.75) is 18.6 Å². The third-order valence-corrected chi connectivity index (χ3v) is 5.47. The van der Waals surface area contributed by atoms with Gasteiger partial charge < -0.3 is 11.1 Å². The molecule has 21 heavy (non-hydrogen) atoms. The van der Waals surface area contributed by atoms with Crippen LogP contribution in [-0.2, 0) is 4.79 Å². The SMILES string of the molecule is CCC(SC1=NCCS1)C(=O)Nc1ccc(C(N)=O)cc1. The lowest BCUT2D eigenvalue weighted by Gasteiger charge is -2.14. The molecule has 2 rings (SSSR count). The zero-order valence-corrected chi connectivity index (χ0v) is 13.3. The highest BCUT2D eigenvalue weighted by Gasteiger charge is 2.21. The van der Waals surface area contributed by atoms with Crippen LogP contribution in [0.25, 0.3) is 0 Å². The second kappa shape index (κ2) is 7.51. The first kappa shape index (κ1) is 15.9. The van der Waals surface area contributed by atoms with Crippen molar-refractivity contribution < 1.29 is 9.59 Å². The molecule has 3 N–H and O–H groups in total. The minimum Gasteiger partial charge on any atom is -0.366 e. The van der Waals surface area contributed by atoms with Gasteiger partial charge in [-0.3, -0.25) is 14.6 Å². The fraction of sp³-hybridized carbons (Fsp3) is 0.357. The van der Waals surface area contributed by atoms with Crippen molar-refractivity contribution in [3.05, 3.63) is 29.8 Å². The van der Waals surface area contributed by atoms with Gasteiger partial charge in [0.25, 0.3) is 0 Å². The molecule has 1 atom stereocenters. The van der Waals surface area contributed by atoms with Crippen LogP contribution in [0.15, 0.2) is 29.3 Å². The van der Waals surface area contributed by atoms with Crippen LogP contribution in [0.3, 0.4) is 0 Å². The largest absolute Gasteiger partial charge is 0.366 e. The predicted molar refractivity (Wildman–Crippen MR) is 90.0 cm³/mol. The van der Waals surface area contributed by atoms with Crippen LogP contribution < -0.4 is 11.1 Å². The predicted octanol–water partition coefficient (Wildman–Crippen LogP) is 2.34. The van der Waals surface area contributed by atoms with Gasteiger partial charge in [0.1, 0.15) is 4.38 Å². The van der Waals surface area contributed by atoms with E-state index in [1.165, 1.54) is 11.8 Å². The summed E-state index contributed by atoms with van der Waals surface area (Å²) in [6.45, 7) is 2.81. The molecule has 7 heteroatoms. The number of nitrogens with two attached hydrogens (primary N) is 1. The van der Waals surface area contributed by atoms with E-state index in [0.717, 1.165) is 23.1 Å². The zero-order chi connectivity index (χ0) is 15.2. The molecular weight excluding hydrogens is 306 g/mol. The minimum atomic E-state index is -0.480. The molecule has 1 unspecified atom stereocenters. The van der Waals surface area contributed by atoms with E-state index in [4.69, 9.17) is 5.73 Å². The summed E-state index contributed by atoms with van der Waals surface area (Å²) in [7, 11) is 0. The molecule has 0 fully saturated rings. The van der Waals surface area contributed by atoms with E-state index >= 15 is 0 Å². The van der Waals surface area contributed by atoms with Gasteiger partial charge in [-0.05, 0) is 30.7 Å². The molecule has 1 aromatic rings. The van der Waals surface area contributed by atoms with Gasteiger partial charge in [-0.1, -0.05) is 30.4 Å². The van der Waals surface area contributed by atoms with Crippen LogP contribution >= 0.6 is 23.5 Å². The van der Waals surface area contributed by atoms with Crippen LogP contribution in [0.5, 0.6) is 0 Å². The number of carbonyl (C=O) groups is 2. The van der Waals surface area contributed by atoms with E-state index in [9.17, 15) is 9.59 Å². The molecule has 5 nitrogen and oxygen atoms in total. The maximum Gasteiger partial charge on any atom is 0.248 e. The lowest BCUT2D eigenvalue weighted by atomic mass is 10.2. The number of carbonyl (C=O) groups excluding carboxylic acids is 2. The number of anilines is 1. The second-order valence-electron chi connectivity index (χ2n) is 4.44. The molecular formula is C14H17N3O2S2. The van der Waals surface area contributed by atoms with Gasteiger partial charge >= 0.3 is 0 Å². The van der Waals surface area contributed by atoms with Crippen molar-refractivity contribution in [3.63, 3.8) is 0 Å². The van der Waals surface area contributed by atoms with Crippen molar-refractivity contribution in [2.24, 2.45) is 10.7 Å². The number of nitrogens with zero attached hydrogens (tertiary/aromatic N) is 1. The summed E-state index contributed by atoms with van der Waals surface area (Å²) in [5, 5.41) is 2.70. The van der Waals surface area contributed by atoms with Gasteiger partial charge in [-0.15, -0.1) is 0 Å². The number of aliphatic imine (C=N–C) groups is 1.